The van der Waals surface area contributed by atoms with Crippen LogP contribution in [-0.4, -0.2) is 10.9 Å². The lowest BCUT2D eigenvalue weighted by Crippen LogP contribution is -2.43. The summed E-state index contributed by atoms with van der Waals surface area (Å²) in [7, 11) is 0. The normalized spacial score (nSPS) is 18.1. The molecule has 0 bridgehead atoms. The summed E-state index contributed by atoms with van der Waals surface area (Å²) in [4.78, 5) is 17.1. The molecule has 1 aromatic heterocycles. The molecule has 3 nitrogen and oxygen atoms in total. The van der Waals surface area contributed by atoms with Crippen molar-refractivity contribution in [1.82, 2.24) is 4.98 Å². The molecule has 7 heteroatoms. The van der Waals surface area contributed by atoms with E-state index >= 15 is 0 Å². The lowest BCUT2D eigenvalue weighted by Gasteiger charge is -2.34. The molecule has 0 aliphatic heterocycles. The Hall–Kier alpha value is -1.89. The molecule has 1 unspecified atom stereocenters. The monoisotopic (exact) mass is 368 g/mol. The second-order valence-corrected chi connectivity index (χ2v) is 7.44. The van der Waals surface area contributed by atoms with E-state index in [1.54, 1.807) is 11.6 Å². The van der Waals surface area contributed by atoms with Gasteiger partial charge in [-0.1, -0.05) is 25.0 Å². The molecule has 2 aromatic rings. The van der Waals surface area contributed by atoms with Crippen LogP contribution in [0.2, 0.25) is 0 Å². The van der Waals surface area contributed by atoms with E-state index < -0.39 is 17.2 Å². The quantitative estimate of drug-likeness (QED) is 0.801. The maximum atomic E-state index is 13.0. The molecule has 1 aliphatic carbocycles. The first-order valence-electron chi connectivity index (χ1n) is 8.20. The summed E-state index contributed by atoms with van der Waals surface area (Å²) < 4.78 is 38.5. The average Bonchev–Trinajstić information content (AvgIpc) is 3.27. The van der Waals surface area contributed by atoms with Gasteiger partial charge < -0.3 is 5.32 Å². The first-order valence-corrected chi connectivity index (χ1v) is 9.08. The minimum absolute atomic E-state index is 0.101. The van der Waals surface area contributed by atoms with E-state index in [4.69, 9.17) is 0 Å². The van der Waals surface area contributed by atoms with Gasteiger partial charge in [0.15, 0.2) is 5.13 Å². The van der Waals surface area contributed by atoms with Crippen molar-refractivity contribution in [2.24, 2.45) is 5.92 Å². The SMILES string of the molecule is CC(C(=O)Nc1nccs1)(c1ccc(C(F)(F)F)cc1)C1CCCC1. The molecule has 1 amide bonds. The highest BCUT2D eigenvalue weighted by Crippen LogP contribution is 2.43. The van der Waals surface area contributed by atoms with E-state index in [9.17, 15) is 18.0 Å². The molecule has 1 heterocycles. The Bertz CT molecular complexity index is 722. The van der Waals surface area contributed by atoms with E-state index in [2.05, 4.69) is 10.3 Å². The van der Waals surface area contributed by atoms with Crippen LogP contribution in [0, 0.1) is 5.92 Å². The zero-order chi connectivity index (χ0) is 18.1. The van der Waals surface area contributed by atoms with Crippen molar-refractivity contribution in [3.05, 3.63) is 47.0 Å². The van der Waals surface area contributed by atoms with E-state index in [1.165, 1.54) is 23.5 Å². The molecule has 1 aliphatic rings. The molecular formula is C18H19F3N2OS. The Morgan fingerprint density at radius 3 is 2.28 bits per heavy atom. The van der Waals surface area contributed by atoms with Gasteiger partial charge in [-0.25, -0.2) is 4.98 Å². The minimum atomic E-state index is -4.38. The molecule has 0 radical (unpaired) electrons. The molecule has 0 saturated heterocycles. The van der Waals surface area contributed by atoms with Crippen LogP contribution in [0.25, 0.3) is 0 Å². The second-order valence-electron chi connectivity index (χ2n) is 6.55. The fraction of sp³-hybridized carbons (Fsp3) is 0.444. The van der Waals surface area contributed by atoms with Crippen molar-refractivity contribution >= 4 is 22.4 Å². The average molecular weight is 368 g/mol. The Morgan fingerprint density at radius 1 is 1.16 bits per heavy atom. The van der Waals surface area contributed by atoms with E-state index in [0.717, 1.165) is 37.8 Å². The van der Waals surface area contributed by atoms with Crippen molar-refractivity contribution in [3.8, 4) is 0 Å². The zero-order valence-electron chi connectivity index (χ0n) is 13.8. The number of amides is 1. The lowest BCUT2D eigenvalue weighted by atomic mass is 9.70. The summed E-state index contributed by atoms with van der Waals surface area (Å²) in [5.74, 6) is -0.113. The maximum Gasteiger partial charge on any atom is 0.416 e. The summed E-state index contributed by atoms with van der Waals surface area (Å²) in [6, 6.07) is 4.98. The smallest absolute Gasteiger partial charge is 0.301 e. The minimum Gasteiger partial charge on any atom is -0.301 e. The van der Waals surface area contributed by atoms with E-state index in [0.29, 0.717) is 10.7 Å². The third kappa shape index (κ3) is 3.56. The molecular weight excluding hydrogens is 349 g/mol. The molecule has 1 saturated carbocycles. The molecule has 134 valence electrons. The van der Waals surface area contributed by atoms with Crippen molar-refractivity contribution < 1.29 is 18.0 Å². The number of rotatable bonds is 4. The fourth-order valence-corrected chi connectivity index (χ4v) is 4.10. The highest BCUT2D eigenvalue weighted by Gasteiger charge is 2.44. The molecule has 1 N–H and O–H groups in total. The van der Waals surface area contributed by atoms with Gasteiger partial charge in [0.05, 0.1) is 11.0 Å². The predicted octanol–water partition coefficient (Wildman–Crippen LogP) is 5.25. The van der Waals surface area contributed by atoms with Crippen LogP contribution in [0.1, 0.15) is 43.7 Å². The number of alkyl halides is 3. The van der Waals surface area contributed by atoms with Crippen LogP contribution < -0.4 is 5.32 Å². The lowest BCUT2D eigenvalue weighted by molar-refractivity contribution is -0.137. The molecule has 1 fully saturated rings. The summed E-state index contributed by atoms with van der Waals surface area (Å²) in [5, 5.41) is 5.09. The highest BCUT2D eigenvalue weighted by molar-refractivity contribution is 7.13. The van der Waals surface area contributed by atoms with Crippen LogP contribution >= 0.6 is 11.3 Å². The molecule has 1 aromatic carbocycles. The zero-order valence-corrected chi connectivity index (χ0v) is 14.6. The Kier molecular flexibility index (Phi) is 4.86. The number of thiazole rings is 1. The number of aromatic nitrogens is 1. The maximum absolute atomic E-state index is 13.0. The first kappa shape index (κ1) is 17.9. The number of nitrogens with one attached hydrogen (secondary N) is 1. The number of carbonyl (C=O) groups is 1. The molecule has 3 rings (SSSR count). The van der Waals surface area contributed by atoms with Crippen molar-refractivity contribution in [2.45, 2.75) is 44.2 Å². The van der Waals surface area contributed by atoms with Crippen molar-refractivity contribution in [2.75, 3.05) is 5.32 Å². The summed E-state index contributed by atoms with van der Waals surface area (Å²) in [5.41, 5.74) is -0.974. The Labute approximate surface area is 148 Å². The van der Waals surface area contributed by atoms with Crippen molar-refractivity contribution in [1.29, 1.82) is 0 Å². The van der Waals surface area contributed by atoms with Gasteiger partial charge >= 0.3 is 6.18 Å². The van der Waals surface area contributed by atoms with Crippen LogP contribution in [-0.2, 0) is 16.4 Å². The van der Waals surface area contributed by atoms with Gasteiger partial charge in [0, 0.05) is 11.6 Å². The number of nitrogens with zero attached hydrogens (tertiary/aromatic N) is 1. The number of carbonyl (C=O) groups excluding carboxylic acids is 1. The van der Waals surface area contributed by atoms with E-state index in [-0.39, 0.29) is 11.8 Å². The van der Waals surface area contributed by atoms with Crippen LogP contribution in [0.5, 0.6) is 0 Å². The molecule has 1 atom stereocenters. The summed E-state index contributed by atoms with van der Waals surface area (Å²) in [6.45, 7) is 1.83. The van der Waals surface area contributed by atoms with Gasteiger partial charge in [0.2, 0.25) is 5.91 Å². The highest BCUT2D eigenvalue weighted by atomic mass is 32.1. The van der Waals surface area contributed by atoms with Crippen LogP contribution in [0.4, 0.5) is 18.3 Å². The topological polar surface area (TPSA) is 42.0 Å². The van der Waals surface area contributed by atoms with E-state index in [1.807, 2.05) is 6.92 Å². The Balaban J connectivity index is 1.95. The molecule has 0 spiro atoms. The number of halogens is 3. The number of hydrogen-bond donors (Lipinski definition) is 1. The first-order chi connectivity index (χ1) is 11.8. The van der Waals surface area contributed by atoms with Gasteiger partial charge in [0.1, 0.15) is 0 Å². The van der Waals surface area contributed by atoms with Gasteiger partial charge in [-0.3, -0.25) is 4.79 Å². The van der Waals surface area contributed by atoms with Gasteiger partial charge in [-0.05, 0) is 43.4 Å². The van der Waals surface area contributed by atoms with Crippen LogP contribution in [0.3, 0.4) is 0 Å². The fourth-order valence-electron chi connectivity index (χ4n) is 3.57. The van der Waals surface area contributed by atoms with Gasteiger partial charge in [-0.15, -0.1) is 11.3 Å². The number of benzene rings is 1. The number of anilines is 1. The standard InChI is InChI=1S/C18H19F3N2OS/c1-17(12-4-2-3-5-12,15(24)23-16-22-10-11-25-16)13-6-8-14(9-7-13)18(19,20)21/h6-12H,2-5H2,1H3,(H,22,23,24). The molecule has 25 heavy (non-hydrogen) atoms. The second kappa shape index (κ2) is 6.78. The summed E-state index contributed by atoms with van der Waals surface area (Å²) in [6.07, 6.45) is 1.07. The van der Waals surface area contributed by atoms with Crippen LogP contribution in [0.15, 0.2) is 35.8 Å². The third-order valence-corrected chi connectivity index (χ3v) is 5.80. The Morgan fingerprint density at radius 2 is 1.76 bits per heavy atom. The van der Waals surface area contributed by atoms with Crippen molar-refractivity contribution in [3.63, 3.8) is 0 Å². The number of hydrogen-bond acceptors (Lipinski definition) is 3. The summed E-state index contributed by atoms with van der Waals surface area (Å²) >= 11 is 1.32. The van der Waals surface area contributed by atoms with Gasteiger partial charge in [0.25, 0.3) is 0 Å². The largest absolute Gasteiger partial charge is 0.416 e. The van der Waals surface area contributed by atoms with Gasteiger partial charge in [-0.2, -0.15) is 13.2 Å². The predicted molar refractivity (Wildman–Crippen MR) is 91.5 cm³/mol. The third-order valence-electron chi connectivity index (χ3n) is 5.11.